The highest BCUT2D eigenvalue weighted by Gasteiger charge is 2.14. The minimum Gasteiger partial charge on any atom is -0.352 e. The maximum atomic E-state index is 4.46. The van der Waals surface area contributed by atoms with E-state index in [0.717, 1.165) is 12.4 Å². The summed E-state index contributed by atoms with van der Waals surface area (Å²) in [5.74, 6) is 1.02. The van der Waals surface area contributed by atoms with Crippen LogP contribution in [0.2, 0.25) is 0 Å². The predicted molar refractivity (Wildman–Crippen MR) is 78.1 cm³/mol. The van der Waals surface area contributed by atoms with Crippen molar-refractivity contribution < 1.29 is 0 Å². The van der Waals surface area contributed by atoms with Crippen molar-refractivity contribution in [2.45, 2.75) is 19.5 Å². The SMILES string of the molecule is CNCc1ccnc(N(C)C(C)c2cccs2)c1. The van der Waals surface area contributed by atoms with E-state index >= 15 is 0 Å². The van der Waals surface area contributed by atoms with Crippen molar-refractivity contribution in [2.75, 3.05) is 19.0 Å². The van der Waals surface area contributed by atoms with Crippen LogP contribution in [0.15, 0.2) is 35.8 Å². The molecular weight excluding hydrogens is 242 g/mol. The molecule has 0 aliphatic carbocycles. The molecule has 96 valence electrons. The first-order valence-electron chi connectivity index (χ1n) is 6.08. The van der Waals surface area contributed by atoms with Crippen molar-refractivity contribution in [1.82, 2.24) is 10.3 Å². The topological polar surface area (TPSA) is 28.2 Å². The van der Waals surface area contributed by atoms with Crippen LogP contribution in [0.1, 0.15) is 23.4 Å². The van der Waals surface area contributed by atoms with Crippen molar-refractivity contribution in [2.24, 2.45) is 0 Å². The number of thiophene rings is 1. The Kier molecular flexibility index (Phi) is 4.33. The molecule has 2 rings (SSSR count). The molecule has 0 aliphatic rings. The normalized spacial score (nSPS) is 12.4. The predicted octanol–water partition coefficient (Wildman–Crippen LogP) is 3.06. The van der Waals surface area contributed by atoms with E-state index in [1.54, 1.807) is 11.3 Å². The lowest BCUT2D eigenvalue weighted by atomic mass is 10.2. The average molecular weight is 261 g/mol. The molecule has 0 saturated carbocycles. The van der Waals surface area contributed by atoms with Crippen LogP contribution in [-0.2, 0) is 6.54 Å². The molecule has 0 spiro atoms. The zero-order valence-electron chi connectivity index (χ0n) is 11.1. The van der Waals surface area contributed by atoms with Crippen LogP contribution in [0.4, 0.5) is 5.82 Å². The largest absolute Gasteiger partial charge is 0.352 e. The van der Waals surface area contributed by atoms with Crippen molar-refractivity contribution >= 4 is 17.2 Å². The molecule has 2 aromatic heterocycles. The fraction of sp³-hybridized carbons (Fsp3) is 0.357. The minimum atomic E-state index is 0.349. The standard InChI is InChI=1S/C14H19N3S/c1-11(13-5-4-8-18-13)17(3)14-9-12(10-15-2)6-7-16-14/h4-9,11,15H,10H2,1-3H3. The van der Waals surface area contributed by atoms with Gasteiger partial charge in [0.05, 0.1) is 6.04 Å². The molecule has 2 aromatic rings. The first kappa shape index (κ1) is 13.1. The van der Waals surface area contributed by atoms with Gasteiger partial charge in [-0.1, -0.05) is 6.07 Å². The number of anilines is 1. The second-order valence-corrected chi connectivity index (χ2v) is 5.33. The van der Waals surface area contributed by atoms with Crippen LogP contribution in [-0.4, -0.2) is 19.1 Å². The second kappa shape index (κ2) is 5.98. The molecule has 1 unspecified atom stereocenters. The van der Waals surface area contributed by atoms with E-state index in [4.69, 9.17) is 0 Å². The number of hydrogen-bond acceptors (Lipinski definition) is 4. The summed E-state index contributed by atoms with van der Waals surface area (Å²) in [6.45, 7) is 3.08. The molecule has 2 heterocycles. The smallest absolute Gasteiger partial charge is 0.129 e. The molecule has 3 nitrogen and oxygen atoms in total. The fourth-order valence-electron chi connectivity index (χ4n) is 1.89. The first-order valence-corrected chi connectivity index (χ1v) is 6.96. The maximum Gasteiger partial charge on any atom is 0.129 e. The van der Waals surface area contributed by atoms with E-state index in [1.165, 1.54) is 10.4 Å². The molecule has 0 saturated heterocycles. The van der Waals surface area contributed by atoms with E-state index in [9.17, 15) is 0 Å². The molecule has 4 heteroatoms. The number of nitrogens with one attached hydrogen (secondary N) is 1. The van der Waals surface area contributed by atoms with Gasteiger partial charge in [-0.2, -0.15) is 0 Å². The monoisotopic (exact) mass is 261 g/mol. The zero-order valence-corrected chi connectivity index (χ0v) is 11.9. The third-order valence-electron chi connectivity index (χ3n) is 3.09. The van der Waals surface area contributed by atoms with Crippen LogP contribution < -0.4 is 10.2 Å². The Morgan fingerprint density at radius 2 is 2.28 bits per heavy atom. The van der Waals surface area contributed by atoms with Gasteiger partial charge in [0.15, 0.2) is 0 Å². The average Bonchev–Trinajstić information content (AvgIpc) is 2.91. The van der Waals surface area contributed by atoms with Crippen molar-refractivity contribution in [3.8, 4) is 0 Å². The summed E-state index contributed by atoms with van der Waals surface area (Å²) in [6.07, 6.45) is 1.87. The highest BCUT2D eigenvalue weighted by Crippen LogP contribution is 2.27. The van der Waals surface area contributed by atoms with Gasteiger partial charge in [0.1, 0.15) is 5.82 Å². The highest BCUT2D eigenvalue weighted by atomic mass is 32.1. The highest BCUT2D eigenvalue weighted by molar-refractivity contribution is 7.10. The van der Waals surface area contributed by atoms with Crippen LogP contribution in [0.5, 0.6) is 0 Å². The summed E-state index contributed by atoms with van der Waals surface area (Å²) in [5, 5.41) is 5.28. The lowest BCUT2D eigenvalue weighted by Gasteiger charge is -2.25. The molecule has 0 fully saturated rings. The molecule has 1 N–H and O–H groups in total. The number of rotatable bonds is 5. The van der Waals surface area contributed by atoms with Gasteiger partial charge in [0.25, 0.3) is 0 Å². The fourth-order valence-corrected chi connectivity index (χ4v) is 2.71. The van der Waals surface area contributed by atoms with E-state index in [1.807, 2.05) is 19.3 Å². The number of nitrogens with zero attached hydrogens (tertiary/aromatic N) is 2. The maximum absolute atomic E-state index is 4.46. The number of pyridine rings is 1. The summed E-state index contributed by atoms with van der Waals surface area (Å²) < 4.78 is 0. The van der Waals surface area contributed by atoms with Gasteiger partial charge in [0, 0.05) is 24.7 Å². The van der Waals surface area contributed by atoms with Crippen molar-refractivity contribution in [1.29, 1.82) is 0 Å². The number of aromatic nitrogens is 1. The van der Waals surface area contributed by atoms with E-state index in [0.29, 0.717) is 6.04 Å². The molecule has 0 bridgehead atoms. The van der Waals surface area contributed by atoms with Gasteiger partial charge in [0.2, 0.25) is 0 Å². The van der Waals surface area contributed by atoms with E-state index < -0.39 is 0 Å². The molecule has 0 aromatic carbocycles. The summed E-state index contributed by atoms with van der Waals surface area (Å²) >= 11 is 1.79. The van der Waals surface area contributed by atoms with E-state index in [-0.39, 0.29) is 0 Å². The van der Waals surface area contributed by atoms with Gasteiger partial charge in [-0.3, -0.25) is 0 Å². The third kappa shape index (κ3) is 2.89. The summed E-state index contributed by atoms with van der Waals surface area (Å²) in [5.41, 5.74) is 1.26. The lowest BCUT2D eigenvalue weighted by Crippen LogP contribution is -2.22. The quantitative estimate of drug-likeness (QED) is 0.896. The number of hydrogen-bond donors (Lipinski definition) is 1. The van der Waals surface area contributed by atoms with Crippen molar-refractivity contribution in [3.05, 3.63) is 46.3 Å². The molecule has 0 radical (unpaired) electrons. The van der Waals surface area contributed by atoms with Crippen LogP contribution in [0.3, 0.4) is 0 Å². The lowest BCUT2D eigenvalue weighted by molar-refractivity contribution is 0.738. The first-order chi connectivity index (χ1) is 8.72. The third-order valence-corrected chi connectivity index (χ3v) is 4.13. The Labute approximate surface area is 112 Å². The van der Waals surface area contributed by atoms with Crippen molar-refractivity contribution in [3.63, 3.8) is 0 Å². The Morgan fingerprint density at radius 1 is 1.44 bits per heavy atom. The molecule has 0 amide bonds. The summed E-state index contributed by atoms with van der Waals surface area (Å²) in [6, 6.07) is 8.80. The summed E-state index contributed by atoms with van der Waals surface area (Å²) in [7, 11) is 4.05. The van der Waals surface area contributed by atoms with Gasteiger partial charge >= 0.3 is 0 Å². The van der Waals surface area contributed by atoms with Crippen LogP contribution in [0.25, 0.3) is 0 Å². The second-order valence-electron chi connectivity index (χ2n) is 4.35. The van der Waals surface area contributed by atoms with Crippen LogP contribution >= 0.6 is 11.3 Å². The molecule has 18 heavy (non-hydrogen) atoms. The Bertz CT molecular complexity index is 482. The molecule has 0 aliphatic heterocycles. The van der Waals surface area contributed by atoms with Gasteiger partial charge in [-0.15, -0.1) is 11.3 Å². The van der Waals surface area contributed by atoms with Gasteiger partial charge in [-0.25, -0.2) is 4.98 Å². The Balaban J connectivity index is 2.17. The molecular formula is C14H19N3S. The van der Waals surface area contributed by atoms with Gasteiger partial charge in [-0.05, 0) is 43.1 Å². The Hall–Kier alpha value is -1.39. The molecule has 1 atom stereocenters. The van der Waals surface area contributed by atoms with Crippen LogP contribution in [0, 0.1) is 0 Å². The Morgan fingerprint density at radius 3 is 2.94 bits per heavy atom. The zero-order chi connectivity index (χ0) is 13.0. The van der Waals surface area contributed by atoms with E-state index in [2.05, 4.69) is 52.8 Å². The minimum absolute atomic E-state index is 0.349. The summed E-state index contributed by atoms with van der Waals surface area (Å²) in [4.78, 5) is 8.03. The van der Waals surface area contributed by atoms with Gasteiger partial charge < -0.3 is 10.2 Å².